The van der Waals surface area contributed by atoms with Gasteiger partial charge in [0.05, 0.1) is 19.7 Å². The van der Waals surface area contributed by atoms with E-state index in [1.807, 2.05) is 4.68 Å². The largest absolute Gasteiger partial charge is 0.379 e. The summed E-state index contributed by atoms with van der Waals surface area (Å²) in [5.74, 6) is 2.33. The smallest absolute Gasteiger partial charge is 0.165 e. The highest BCUT2D eigenvalue weighted by Crippen LogP contribution is 2.28. The molecule has 102 valence electrons. The van der Waals surface area contributed by atoms with E-state index in [-0.39, 0.29) is 0 Å². The molecule has 1 heterocycles. The number of aromatic nitrogens is 4. The summed E-state index contributed by atoms with van der Waals surface area (Å²) in [5.41, 5.74) is 0. The molecule has 1 aromatic heterocycles. The van der Waals surface area contributed by atoms with E-state index in [0.29, 0.717) is 19.1 Å². The van der Waals surface area contributed by atoms with Crippen molar-refractivity contribution >= 4 is 0 Å². The van der Waals surface area contributed by atoms with Crippen molar-refractivity contribution < 1.29 is 4.74 Å². The lowest BCUT2D eigenvalue weighted by atomic mass is 10.2. The van der Waals surface area contributed by atoms with Crippen LogP contribution >= 0.6 is 0 Å². The molecule has 1 aliphatic carbocycles. The van der Waals surface area contributed by atoms with Gasteiger partial charge in [0.25, 0.3) is 0 Å². The van der Waals surface area contributed by atoms with E-state index in [0.717, 1.165) is 31.4 Å². The number of tetrazole rings is 1. The fraction of sp³-hybridized carbons (Fsp3) is 0.917. The van der Waals surface area contributed by atoms with E-state index in [9.17, 15) is 0 Å². The van der Waals surface area contributed by atoms with Gasteiger partial charge in [-0.25, -0.2) is 4.68 Å². The van der Waals surface area contributed by atoms with Crippen molar-refractivity contribution in [1.82, 2.24) is 25.5 Å². The van der Waals surface area contributed by atoms with Crippen molar-refractivity contribution in [3.05, 3.63) is 5.82 Å². The summed E-state index contributed by atoms with van der Waals surface area (Å²) < 4.78 is 7.41. The van der Waals surface area contributed by atoms with Gasteiger partial charge in [-0.15, -0.1) is 5.10 Å². The average Bonchev–Trinajstić information content (AvgIpc) is 3.05. The van der Waals surface area contributed by atoms with Gasteiger partial charge >= 0.3 is 0 Å². The number of hydrogen-bond acceptors (Lipinski definition) is 5. The number of nitrogens with one attached hydrogen (secondary N) is 1. The molecule has 6 nitrogen and oxygen atoms in total. The first-order chi connectivity index (χ1) is 8.75. The Balaban J connectivity index is 1.65. The van der Waals surface area contributed by atoms with E-state index in [4.69, 9.17) is 4.74 Å². The van der Waals surface area contributed by atoms with E-state index < -0.39 is 0 Å². The highest BCUT2D eigenvalue weighted by molar-refractivity contribution is 4.80. The SMILES string of the molecule is CC(C)CNCc1nnnn1CCOCC1CC1. The molecule has 0 aliphatic heterocycles. The van der Waals surface area contributed by atoms with Gasteiger partial charge in [0.1, 0.15) is 0 Å². The maximum Gasteiger partial charge on any atom is 0.165 e. The van der Waals surface area contributed by atoms with Crippen LogP contribution in [0.25, 0.3) is 0 Å². The molecule has 1 aromatic rings. The molecule has 1 saturated carbocycles. The van der Waals surface area contributed by atoms with Gasteiger partial charge in [-0.2, -0.15) is 0 Å². The minimum Gasteiger partial charge on any atom is -0.379 e. The molecule has 0 unspecified atom stereocenters. The molecule has 0 bridgehead atoms. The van der Waals surface area contributed by atoms with E-state index in [2.05, 4.69) is 34.7 Å². The van der Waals surface area contributed by atoms with Crippen molar-refractivity contribution in [2.75, 3.05) is 19.8 Å². The average molecular weight is 253 g/mol. The Labute approximate surface area is 108 Å². The molecule has 6 heteroatoms. The first kappa shape index (κ1) is 13.4. The minimum atomic E-state index is 0.635. The van der Waals surface area contributed by atoms with Crippen LogP contribution in [0.5, 0.6) is 0 Å². The molecule has 0 radical (unpaired) electrons. The number of rotatable bonds is 9. The number of ether oxygens (including phenoxy) is 1. The van der Waals surface area contributed by atoms with Gasteiger partial charge in [0.15, 0.2) is 5.82 Å². The fourth-order valence-corrected chi connectivity index (χ4v) is 1.68. The topological polar surface area (TPSA) is 64.9 Å². The maximum absolute atomic E-state index is 5.59. The van der Waals surface area contributed by atoms with Crippen LogP contribution in [0.2, 0.25) is 0 Å². The lowest BCUT2D eigenvalue weighted by Gasteiger charge is -2.08. The second-order valence-electron chi connectivity index (χ2n) is 5.36. The molecule has 2 rings (SSSR count). The lowest BCUT2D eigenvalue weighted by molar-refractivity contribution is 0.113. The maximum atomic E-state index is 5.59. The summed E-state index contributed by atoms with van der Waals surface area (Å²) in [7, 11) is 0. The Morgan fingerprint density at radius 3 is 3.00 bits per heavy atom. The summed E-state index contributed by atoms with van der Waals surface area (Å²) in [6.45, 7) is 8.38. The second kappa shape index (κ2) is 6.80. The van der Waals surface area contributed by atoms with Crippen LogP contribution in [0.4, 0.5) is 0 Å². The van der Waals surface area contributed by atoms with Crippen LogP contribution in [0.1, 0.15) is 32.5 Å². The van der Waals surface area contributed by atoms with Crippen LogP contribution in [0, 0.1) is 11.8 Å². The van der Waals surface area contributed by atoms with Gasteiger partial charge < -0.3 is 10.1 Å². The van der Waals surface area contributed by atoms with Crippen LogP contribution < -0.4 is 5.32 Å². The number of nitrogens with zero attached hydrogens (tertiary/aromatic N) is 4. The zero-order valence-corrected chi connectivity index (χ0v) is 11.3. The monoisotopic (exact) mass is 253 g/mol. The van der Waals surface area contributed by atoms with Crippen molar-refractivity contribution in [2.45, 2.75) is 39.8 Å². The third-order valence-electron chi connectivity index (χ3n) is 2.94. The van der Waals surface area contributed by atoms with E-state index in [1.54, 1.807) is 0 Å². The molecular formula is C12H23N5O. The van der Waals surface area contributed by atoms with E-state index in [1.165, 1.54) is 12.8 Å². The van der Waals surface area contributed by atoms with Crippen LogP contribution in [-0.4, -0.2) is 40.0 Å². The molecule has 1 N–H and O–H groups in total. The summed E-state index contributed by atoms with van der Waals surface area (Å²) in [5, 5.41) is 15.1. The summed E-state index contributed by atoms with van der Waals surface area (Å²) in [6, 6.07) is 0. The Hall–Kier alpha value is -1.01. The Morgan fingerprint density at radius 2 is 2.28 bits per heavy atom. The normalized spacial score (nSPS) is 15.5. The zero-order chi connectivity index (χ0) is 12.8. The Bertz CT molecular complexity index is 348. The molecule has 0 atom stereocenters. The molecular weight excluding hydrogens is 230 g/mol. The van der Waals surface area contributed by atoms with Gasteiger partial charge in [-0.1, -0.05) is 13.8 Å². The third kappa shape index (κ3) is 4.70. The third-order valence-corrected chi connectivity index (χ3v) is 2.94. The van der Waals surface area contributed by atoms with Crippen molar-refractivity contribution in [3.63, 3.8) is 0 Å². The summed E-state index contributed by atoms with van der Waals surface area (Å²) in [6.07, 6.45) is 2.66. The standard InChI is InChI=1S/C12H23N5O/c1-10(2)7-13-8-12-14-15-16-17(12)5-6-18-9-11-3-4-11/h10-11,13H,3-9H2,1-2H3. The quantitative estimate of drug-likeness (QED) is 0.661. The first-order valence-electron chi connectivity index (χ1n) is 6.79. The van der Waals surface area contributed by atoms with Crippen molar-refractivity contribution in [2.24, 2.45) is 11.8 Å². The first-order valence-corrected chi connectivity index (χ1v) is 6.79. The van der Waals surface area contributed by atoms with Gasteiger partial charge in [0.2, 0.25) is 0 Å². The van der Waals surface area contributed by atoms with Gasteiger partial charge in [0, 0.05) is 6.61 Å². The lowest BCUT2D eigenvalue weighted by Crippen LogP contribution is -2.22. The molecule has 0 saturated heterocycles. The zero-order valence-electron chi connectivity index (χ0n) is 11.3. The molecule has 1 aliphatic rings. The molecule has 0 amide bonds. The van der Waals surface area contributed by atoms with Crippen molar-refractivity contribution in [1.29, 1.82) is 0 Å². The number of hydrogen-bond donors (Lipinski definition) is 1. The summed E-state index contributed by atoms with van der Waals surface area (Å²) in [4.78, 5) is 0. The fourth-order valence-electron chi connectivity index (χ4n) is 1.68. The molecule has 18 heavy (non-hydrogen) atoms. The molecule has 0 aromatic carbocycles. The molecule has 0 spiro atoms. The van der Waals surface area contributed by atoms with Crippen LogP contribution in [0.15, 0.2) is 0 Å². The summed E-state index contributed by atoms with van der Waals surface area (Å²) >= 11 is 0. The Morgan fingerprint density at radius 1 is 1.44 bits per heavy atom. The predicted octanol–water partition coefficient (Wildman–Crippen LogP) is 0.845. The van der Waals surface area contributed by atoms with E-state index >= 15 is 0 Å². The van der Waals surface area contributed by atoms with Gasteiger partial charge in [-0.3, -0.25) is 0 Å². The molecule has 1 fully saturated rings. The highest BCUT2D eigenvalue weighted by Gasteiger charge is 2.21. The van der Waals surface area contributed by atoms with Gasteiger partial charge in [-0.05, 0) is 41.6 Å². The minimum absolute atomic E-state index is 0.635. The van der Waals surface area contributed by atoms with Crippen LogP contribution in [-0.2, 0) is 17.8 Å². The predicted molar refractivity (Wildman–Crippen MR) is 67.9 cm³/mol. The Kier molecular flexibility index (Phi) is 5.07. The second-order valence-corrected chi connectivity index (χ2v) is 5.36. The van der Waals surface area contributed by atoms with Crippen LogP contribution in [0.3, 0.4) is 0 Å². The van der Waals surface area contributed by atoms with Crippen molar-refractivity contribution in [3.8, 4) is 0 Å². The highest BCUT2D eigenvalue weighted by atomic mass is 16.5.